The smallest absolute Gasteiger partial charge is 0.236 e. The number of pyridine rings is 2. The van der Waals surface area contributed by atoms with E-state index < -0.39 is 5.41 Å². The van der Waals surface area contributed by atoms with E-state index >= 15 is 0 Å². The zero-order valence-electron chi connectivity index (χ0n) is 16.8. The van der Waals surface area contributed by atoms with Crippen LogP contribution in [0, 0.1) is 5.41 Å². The van der Waals surface area contributed by atoms with Crippen LogP contribution in [0.4, 0.5) is 0 Å². The average molecular weight is 393 g/mol. The van der Waals surface area contributed by atoms with Gasteiger partial charge in [0.25, 0.3) is 0 Å². The molecular weight excluding hydrogens is 366 g/mol. The number of carbonyl (C=O) groups excluding carboxylic acids is 2. The molecule has 0 aromatic carbocycles. The Morgan fingerprint density at radius 1 is 1.17 bits per heavy atom. The molecule has 0 N–H and O–H groups in total. The van der Waals surface area contributed by atoms with Gasteiger partial charge in [0.05, 0.1) is 24.2 Å². The van der Waals surface area contributed by atoms with Gasteiger partial charge in [0.2, 0.25) is 11.8 Å². The summed E-state index contributed by atoms with van der Waals surface area (Å²) in [6.45, 7) is 3.49. The predicted octanol–water partition coefficient (Wildman–Crippen LogP) is 1.56. The second kappa shape index (κ2) is 8.29. The highest BCUT2D eigenvalue weighted by molar-refractivity contribution is 5.87. The maximum atomic E-state index is 13.1. The quantitative estimate of drug-likeness (QED) is 0.745. The van der Waals surface area contributed by atoms with Gasteiger partial charge < -0.3 is 9.80 Å². The molecule has 7 nitrogen and oxygen atoms in total. The van der Waals surface area contributed by atoms with E-state index in [9.17, 15) is 9.59 Å². The Balaban J connectivity index is 1.32. The Morgan fingerprint density at radius 3 is 2.79 bits per heavy atom. The lowest BCUT2D eigenvalue weighted by molar-refractivity contribution is -0.137. The van der Waals surface area contributed by atoms with Gasteiger partial charge >= 0.3 is 0 Å². The van der Waals surface area contributed by atoms with E-state index in [0.29, 0.717) is 32.7 Å². The molecule has 4 rings (SSSR count). The predicted molar refractivity (Wildman–Crippen MR) is 108 cm³/mol. The monoisotopic (exact) mass is 393 g/mol. The van der Waals surface area contributed by atoms with E-state index in [0.717, 1.165) is 30.6 Å². The summed E-state index contributed by atoms with van der Waals surface area (Å²) in [5.41, 5.74) is 1.57. The van der Waals surface area contributed by atoms with Crippen molar-refractivity contribution in [3.63, 3.8) is 0 Å². The van der Waals surface area contributed by atoms with E-state index in [1.165, 1.54) is 0 Å². The average Bonchev–Trinajstić information content (AvgIpc) is 3.29. The van der Waals surface area contributed by atoms with Gasteiger partial charge in [-0.05, 0) is 43.7 Å². The van der Waals surface area contributed by atoms with E-state index in [1.807, 2.05) is 58.3 Å². The van der Waals surface area contributed by atoms with Gasteiger partial charge in [-0.1, -0.05) is 12.1 Å². The summed E-state index contributed by atoms with van der Waals surface area (Å²) in [6, 6.07) is 9.67. The maximum Gasteiger partial charge on any atom is 0.236 e. The molecule has 152 valence electrons. The third-order valence-electron chi connectivity index (χ3n) is 5.97. The highest BCUT2D eigenvalue weighted by atomic mass is 16.2. The van der Waals surface area contributed by atoms with Gasteiger partial charge in [0.1, 0.15) is 0 Å². The summed E-state index contributed by atoms with van der Waals surface area (Å²) < 4.78 is 0. The van der Waals surface area contributed by atoms with Crippen LogP contribution in [0.15, 0.2) is 48.9 Å². The molecule has 1 spiro atoms. The molecule has 29 heavy (non-hydrogen) atoms. The van der Waals surface area contributed by atoms with Crippen molar-refractivity contribution in [1.29, 1.82) is 0 Å². The lowest BCUT2D eigenvalue weighted by Gasteiger charge is -2.25. The Labute approximate surface area is 171 Å². The molecule has 2 aliphatic rings. The number of rotatable bonds is 6. The zero-order valence-corrected chi connectivity index (χ0v) is 16.8. The van der Waals surface area contributed by atoms with Crippen molar-refractivity contribution < 1.29 is 9.59 Å². The molecule has 2 amide bonds. The van der Waals surface area contributed by atoms with Crippen LogP contribution in [-0.4, -0.2) is 69.7 Å². The van der Waals surface area contributed by atoms with Crippen molar-refractivity contribution in [3.05, 3.63) is 60.2 Å². The standard InChI is InChI=1S/C22H27N5O2/c1-25(14-18-5-4-9-23-13-18)16-20(28)27-12-8-22(17-27)7-11-26(21(22)29)15-19-6-2-3-10-24-19/h2-6,9-10,13H,7-8,11-12,14-17H2,1H3. The molecule has 2 fully saturated rings. The highest BCUT2D eigenvalue weighted by Gasteiger charge is 2.51. The van der Waals surface area contributed by atoms with Gasteiger partial charge in [-0.2, -0.15) is 0 Å². The maximum absolute atomic E-state index is 13.1. The Hall–Kier alpha value is -2.80. The van der Waals surface area contributed by atoms with Crippen molar-refractivity contribution in [2.45, 2.75) is 25.9 Å². The molecule has 2 saturated heterocycles. The normalized spacial score (nSPS) is 21.5. The first-order chi connectivity index (χ1) is 14.1. The number of amides is 2. The molecule has 2 aromatic heterocycles. The van der Waals surface area contributed by atoms with Gasteiger partial charge in [0.15, 0.2) is 0 Å². The van der Waals surface area contributed by atoms with E-state index in [-0.39, 0.29) is 11.8 Å². The number of hydrogen-bond acceptors (Lipinski definition) is 5. The third kappa shape index (κ3) is 4.29. The van der Waals surface area contributed by atoms with E-state index in [2.05, 4.69) is 9.97 Å². The number of hydrogen-bond donors (Lipinski definition) is 0. The molecule has 2 aliphatic heterocycles. The minimum absolute atomic E-state index is 0.0873. The van der Waals surface area contributed by atoms with E-state index in [1.54, 1.807) is 12.4 Å². The molecule has 1 unspecified atom stereocenters. The van der Waals surface area contributed by atoms with Crippen LogP contribution in [0.2, 0.25) is 0 Å². The first-order valence-electron chi connectivity index (χ1n) is 10.1. The van der Waals surface area contributed by atoms with Crippen LogP contribution in [0.3, 0.4) is 0 Å². The molecule has 2 aromatic rings. The van der Waals surface area contributed by atoms with Gasteiger partial charge in [0, 0.05) is 44.8 Å². The van der Waals surface area contributed by atoms with Crippen LogP contribution in [0.1, 0.15) is 24.1 Å². The molecular formula is C22H27N5O2. The molecule has 0 saturated carbocycles. The Kier molecular flexibility index (Phi) is 5.58. The summed E-state index contributed by atoms with van der Waals surface area (Å²) in [7, 11) is 1.94. The van der Waals surface area contributed by atoms with Crippen molar-refractivity contribution in [3.8, 4) is 0 Å². The van der Waals surface area contributed by atoms with Crippen LogP contribution in [-0.2, 0) is 22.7 Å². The fourth-order valence-electron chi connectivity index (χ4n) is 4.38. The SMILES string of the molecule is CN(CC(=O)N1CCC2(CCN(Cc3ccccn3)C2=O)C1)Cc1cccnc1. The number of carbonyl (C=O) groups is 2. The number of likely N-dealkylation sites (N-methyl/N-ethyl adjacent to an activating group) is 1. The molecule has 1 atom stereocenters. The molecule has 4 heterocycles. The lowest BCUT2D eigenvalue weighted by atomic mass is 9.85. The van der Waals surface area contributed by atoms with Crippen molar-refractivity contribution in [1.82, 2.24) is 24.7 Å². The third-order valence-corrected chi connectivity index (χ3v) is 5.97. The topological polar surface area (TPSA) is 69.6 Å². The Morgan fingerprint density at radius 2 is 2.03 bits per heavy atom. The van der Waals surface area contributed by atoms with Crippen LogP contribution in [0.25, 0.3) is 0 Å². The summed E-state index contributed by atoms with van der Waals surface area (Å²) >= 11 is 0. The summed E-state index contributed by atoms with van der Waals surface area (Å²) in [5, 5.41) is 0. The number of aromatic nitrogens is 2. The van der Waals surface area contributed by atoms with Crippen LogP contribution < -0.4 is 0 Å². The lowest BCUT2D eigenvalue weighted by Crippen LogP contribution is -2.41. The minimum Gasteiger partial charge on any atom is -0.340 e. The second-order valence-electron chi connectivity index (χ2n) is 8.18. The Bertz CT molecular complexity index is 860. The first kappa shape index (κ1) is 19.5. The van der Waals surface area contributed by atoms with Crippen LogP contribution in [0.5, 0.6) is 0 Å². The van der Waals surface area contributed by atoms with Gasteiger partial charge in [-0.3, -0.25) is 24.5 Å². The number of nitrogens with zero attached hydrogens (tertiary/aromatic N) is 5. The minimum atomic E-state index is -0.410. The molecule has 0 radical (unpaired) electrons. The first-order valence-corrected chi connectivity index (χ1v) is 10.1. The van der Waals surface area contributed by atoms with E-state index in [4.69, 9.17) is 0 Å². The van der Waals surface area contributed by atoms with Crippen LogP contribution >= 0.6 is 0 Å². The summed E-state index contributed by atoms with van der Waals surface area (Å²) in [4.78, 5) is 40.1. The summed E-state index contributed by atoms with van der Waals surface area (Å²) in [6.07, 6.45) is 6.88. The second-order valence-corrected chi connectivity index (χ2v) is 8.18. The summed E-state index contributed by atoms with van der Waals surface area (Å²) in [5.74, 6) is 0.256. The van der Waals surface area contributed by atoms with Gasteiger partial charge in [-0.15, -0.1) is 0 Å². The fraction of sp³-hybridized carbons (Fsp3) is 0.455. The van der Waals surface area contributed by atoms with Crippen molar-refractivity contribution in [2.75, 3.05) is 33.2 Å². The molecule has 0 bridgehead atoms. The van der Waals surface area contributed by atoms with Crippen molar-refractivity contribution >= 4 is 11.8 Å². The molecule has 0 aliphatic carbocycles. The largest absolute Gasteiger partial charge is 0.340 e. The molecule has 7 heteroatoms. The highest BCUT2D eigenvalue weighted by Crippen LogP contribution is 2.41. The fourth-order valence-corrected chi connectivity index (χ4v) is 4.38. The zero-order chi connectivity index (χ0) is 20.3. The van der Waals surface area contributed by atoms with Crippen molar-refractivity contribution in [2.24, 2.45) is 5.41 Å². The number of likely N-dealkylation sites (tertiary alicyclic amines) is 2. The van der Waals surface area contributed by atoms with Gasteiger partial charge in [-0.25, -0.2) is 0 Å².